The minimum atomic E-state index is -0.632. The molecule has 35 heavy (non-hydrogen) atoms. The number of esters is 1. The monoisotopic (exact) mass is 507 g/mol. The molecule has 1 aromatic heterocycles. The molecule has 0 unspecified atom stereocenters. The van der Waals surface area contributed by atoms with Gasteiger partial charge in [0.15, 0.2) is 0 Å². The number of carbonyl (C=O) groups excluding carboxylic acids is 1. The largest absolute Gasteiger partial charge is 0.490 e. The van der Waals surface area contributed by atoms with Crippen molar-refractivity contribution in [3.05, 3.63) is 27.4 Å². The van der Waals surface area contributed by atoms with Crippen LogP contribution in [-0.2, 0) is 9.53 Å². The highest BCUT2D eigenvalue weighted by Gasteiger charge is 2.24. The van der Waals surface area contributed by atoms with Crippen LogP contribution in [0.3, 0.4) is 0 Å². The first-order valence-electron chi connectivity index (χ1n) is 12.4. The van der Waals surface area contributed by atoms with Crippen LogP contribution in [-0.4, -0.2) is 97.8 Å². The molecule has 0 radical (unpaired) electrons. The standard InChI is InChI=1S/C26H45N5O3S/c1-18-21(22(27)24(35)25(32)34-26(4,5)6)19(2)28-20(3)23(18)33-17-16-31-14-12-30(13-15-31)11-9-10-29(7)8/h35H,9-17,27H2,1-8H3/b24-22+. The first kappa shape index (κ1) is 29.4. The number of aryl methyl sites for hydroxylation is 2. The third kappa shape index (κ3) is 8.97. The molecule has 198 valence electrons. The van der Waals surface area contributed by atoms with Gasteiger partial charge < -0.3 is 25.0 Å². The van der Waals surface area contributed by atoms with Gasteiger partial charge in [0, 0.05) is 49.5 Å². The van der Waals surface area contributed by atoms with Crippen LogP contribution in [0.5, 0.6) is 5.75 Å². The molecule has 0 saturated carbocycles. The van der Waals surface area contributed by atoms with Crippen LogP contribution in [0.2, 0.25) is 0 Å². The Morgan fingerprint density at radius 3 is 2.17 bits per heavy atom. The molecule has 1 aliphatic heterocycles. The molecule has 1 aromatic rings. The number of thiol groups is 1. The maximum absolute atomic E-state index is 12.5. The van der Waals surface area contributed by atoms with Crippen LogP contribution >= 0.6 is 12.6 Å². The fourth-order valence-corrected chi connectivity index (χ4v) is 4.46. The lowest BCUT2D eigenvalue weighted by Crippen LogP contribution is -2.47. The number of carbonyl (C=O) groups is 1. The van der Waals surface area contributed by atoms with Gasteiger partial charge in [-0.1, -0.05) is 0 Å². The lowest BCUT2D eigenvalue weighted by molar-refractivity contribution is -0.148. The van der Waals surface area contributed by atoms with E-state index in [0.29, 0.717) is 17.9 Å². The summed E-state index contributed by atoms with van der Waals surface area (Å²) in [6.07, 6.45) is 1.21. The Kier molecular flexibility index (Phi) is 10.9. The number of hydrogen-bond acceptors (Lipinski definition) is 9. The maximum Gasteiger partial charge on any atom is 0.347 e. The highest BCUT2D eigenvalue weighted by molar-refractivity contribution is 7.85. The van der Waals surface area contributed by atoms with E-state index in [2.05, 4.69) is 46.4 Å². The molecule has 8 nitrogen and oxygen atoms in total. The molecule has 1 fully saturated rings. The van der Waals surface area contributed by atoms with Crippen LogP contribution in [0.15, 0.2) is 4.91 Å². The van der Waals surface area contributed by atoms with Gasteiger partial charge in [-0.2, -0.15) is 0 Å². The maximum atomic E-state index is 12.5. The fraction of sp³-hybridized carbons (Fsp3) is 0.692. The van der Waals surface area contributed by atoms with Gasteiger partial charge in [0.1, 0.15) is 22.9 Å². The summed E-state index contributed by atoms with van der Waals surface area (Å²) >= 11 is 4.37. The average Bonchev–Trinajstić information content (AvgIpc) is 2.74. The molecule has 0 aliphatic carbocycles. The van der Waals surface area contributed by atoms with Crippen molar-refractivity contribution < 1.29 is 14.3 Å². The Bertz CT molecular complexity index is 903. The quantitative estimate of drug-likeness (QED) is 0.284. The SMILES string of the molecule is Cc1nc(C)c(/C(N)=C(\S)C(=O)OC(C)(C)C)c(C)c1OCCN1CCN(CCCN(C)C)CC1. The van der Waals surface area contributed by atoms with E-state index >= 15 is 0 Å². The van der Waals surface area contributed by atoms with Crippen LogP contribution in [0.4, 0.5) is 0 Å². The minimum absolute atomic E-state index is 0.0752. The number of aromatic nitrogens is 1. The molecule has 0 spiro atoms. The zero-order valence-electron chi connectivity index (χ0n) is 22.9. The van der Waals surface area contributed by atoms with Crippen molar-refractivity contribution in [2.75, 3.05) is 66.5 Å². The second-order valence-electron chi connectivity index (χ2n) is 10.6. The van der Waals surface area contributed by atoms with Crippen molar-refractivity contribution in [1.29, 1.82) is 0 Å². The van der Waals surface area contributed by atoms with Crippen LogP contribution in [0.25, 0.3) is 5.70 Å². The Balaban J connectivity index is 2.01. The van der Waals surface area contributed by atoms with Gasteiger partial charge in [-0.05, 0) is 75.1 Å². The Labute approximate surface area is 217 Å². The average molecular weight is 508 g/mol. The van der Waals surface area contributed by atoms with Crippen molar-refractivity contribution in [2.24, 2.45) is 5.73 Å². The first-order chi connectivity index (χ1) is 16.3. The molecule has 0 bridgehead atoms. The van der Waals surface area contributed by atoms with E-state index in [-0.39, 0.29) is 10.6 Å². The normalized spacial score (nSPS) is 16.4. The van der Waals surface area contributed by atoms with Gasteiger partial charge in [0.05, 0.1) is 11.4 Å². The fourth-order valence-electron chi connectivity index (χ4n) is 4.30. The zero-order chi connectivity index (χ0) is 26.3. The molecule has 2 rings (SSSR count). The van der Waals surface area contributed by atoms with Gasteiger partial charge in [0.2, 0.25) is 0 Å². The number of nitrogens with zero attached hydrogens (tertiary/aromatic N) is 4. The van der Waals surface area contributed by atoms with E-state index in [0.717, 1.165) is 62.8 Å². The minimum Gasteiger partial charge on any atom is -0.490 e. The van der Waals surface area contributed by atoms with E-state index in [4.69, 9.17) is 15.2 Å². The molecule has 2 N–H and O–H groups in total. The van der Waals surface area contributed by atoms with Crippen molar-refractivity contribution in [3.63, 3.8) is 0 Å². The van der Waals surface area contributed by atoms with E-state index < -0.39 is 11.6 Å². The van der Waals surface area contributed by atoms with Crippen LogP contribution in [0.1, 0.15) is 49.7 Å². The summed E-state index contributed by atoms with van der Waals surface area (Å²) in [6, 6.07) is 0. The van der Waals surface area contributed by atoms with Crippen molar-refractivity contribution in [3.8, 4) is 5.75 Å². The molecule has 0 atom stereocenters. The van der Waals surface area contributed by atoms with E-state index in [1.165, 1.54) is 6.42 Å². The lowest BCUT2D eigenvalue weighted by Gasteiger charge is -2.34. The third-order valence-electron chi connectivity index (χ3n) is 6.06. The van der Waals surface area contributed by atoms with Crippen molar-refractivity contribution in [2.45, 2.75) is 53.6 Å². The van der Waals surface area contributed by atoms with E-state index in [9.17, 15) is 4.79 Å². The molecule has 9 heteroatoms. The van der Waals surface area contributed by atoms with Gasteiger partial charge in [-0.15, -0.1) is 12.6 Å². The number of rotatable bonds is 10. The summed E-state index contributed by atoms with van der Waals surface area (Å²) in [5.74, 6) is 0.155. The highest BCUT2D eigenvalue weighted by Crippen LogP contribution is 2.32. The Hall–Kier alpha value is -1.81. The van der Waals surface area contributed by atoms with Gasteiger partial charge in [-0.3, -0.25) is 9.88 Å². The first-order valence-corrected chi connectivity index (χ1v) is 12.9. The molecule has 0 amide bonds. The zero-order valence-corrected chi connectivity index (χ0v) is 23.8. The van der Waals surface area contributed by atoms with Gasteiger partial charge in [0.25, 0.3) is 0 Å². The molecular formula is C26H45N5O3S. The number of piperazine rings is 1. The summed E-state index contributed by atoms with van der Waals surface area (Å²) in [5.41, 5.74) is 9.06. The topological polar surface area (TPSA) is 84.2 Å². The molecule has 2 heterocycles. The third-order valence-corrected chi connectivity index (χ3v) is 6.48. The highest BCUT2D eigenvalue weighted by atomic mass is 32.1. The van der Waals surface area contributed by atoms with E-state index in [1.807, 2.05) is 41.5 Å². The van der Waals surface area contributed by atoms with Gasteiger partial charge in [-0.25, -0.2) is 4.79 Å². The number of ether oxygens (including phenoxy) is 2. The number of hydrogen-bond donors (Lipinski definition) is 2. The van der Waals surface area contributed by atoms with E-state index in [1.54, 1.807) is 0 Å². The predicted octanol–water partition coefficient (Wildman–Crippen LogP) is 2.85. The summed E-state index contributed by atoms with van der Waals surface area (Å²) in [4.78, 5) is 24.4. The Morgan fingerprint density at radius 1 is 1.06 bits per heavy atom. The summed E-state index contributed by atoms with van der Waals surface area (Å²) < 4.78 is 11.6. The van der Waals surface area contributed by atoms with Crippen molar-refractivity contribution >= 4 is 24.3 Å². The van der Waals surface area contributed by atoms with Crippen molar-refractivity contribution in [1.82, 2.24) is 19.7 Å². The Morgan fingerprint density at radius 2 is 1.63 bits per heavy atom. The second kappa shape index (κ2) is 12.9. The summed E-state index contributed by atoms with van der Waals surface area (Å²) in [6.45, 7) is 19.2. The smallest absolute Gasteiger partial charge is 0.347 e. The van der Waals surface area contributed by atoms with Crippen LogP contribution < -0.4 is 10.5 Å². The molecule has 1 aliphatic rings. The second-order valence-corrected chi connectivity index (χ2v) is 11.0. The summed E-state index contributed by atoms with van der Waals surface area (Å²) in [5, 5.41) is 0. The predicted molar refractivity (Wildman–Crippen MR) is 146 cm³/mol. The molecule has 1 saturated heterocycles. The summed E-state index contributed by atoms with van der Waals surface area (Å²) in [7, 11) is 4.24. The molecular weight excluding hydrogens is 462 g/mol. The van der Waals surface area contributed by atoms with Gasteiger partial charge >= 0.3 is 5.97 Å². The van der Waals surface area contributed by atoms with Crippen LogP contribution in [0, 0.1) is 20.8 Å². The number of pyridine rings is 1. The molecule has 0 aromatic carbocycles. The lowest BCUT2D eigenvalue weighted by atomic mass is 10.0. The number of nitrogens with two attached hydrogens (primary N) is 1.